The number of methoxy groups -OCH3 is 1. The number of sulfonamides is 1. The van der Waals surface area contributed by atoms with Crippen LogP contribution in [0.2, 0.25) is 0 Å². The molecular weight excluding hydrogens is 310 g/mol. The molecule has 0 aromatic heterocycles. The Bertz CT molecular complexity index is 680. The number of likely N-dealkylation sites (N-methyl/N-ethyl adjacent to an activating group) is 1. The number of ether oxygens (including phenoxy) is 1. The molecule has 8 nitrogen and oxygen atoms in total. The monoisotopic (exact) mass is 327 g/mol. The molecule has 120 valence electrons. The van der Waals surface area contributed by atoms with E-state index in [1.807, 2.05) is 0 Å². The molecule has 9 heteroatoms. The smallest absolute Gasteiger partial charge is 0.332 e. The predicted octanol–water partition coefficient (Wildman–Crippen LogP) is -0.0611. The highest BCUT2D eigenvalue weighted by Gasteiger charge is 2.12. The van der Waals surface area contributed by atoms with Crippen molar-refractivity contribution in [3.05, 3.63) is 36.0 Å². The second-order valence-electron chi connectivity index (χ2n) is 4.14. The molecule has 0 spiro atoms. The number of primary sulfonamides is 1. The van der Waals surface area contributed by atoms with E-state index >= 15 is 0 Å². The van der Waals surface area contributed by atoms with E-state index in [0.717, 1.165) is 6.08 Å². The minimum Gasteiger partial charge on any atom is -0.466 e. The van der Waals surface area contributed by atoms with Crippen molar-refractivity contribution < 1.29 is 22.7 Å². The van der Waals surface area contributed by atoms with Gasteiger partial charge in [0.15, 0.2) is 0 Å². The first-order chi connectivity index (χ1) is 10.3. The van der Waals surface area contributed by atoms with Crippen molar-refractivity contribution in [2.45, 2.75) is 11.8 Å². The molecule has 1 aromatic rings. The Labute approximate surface area is 128 Å². The topological polar surface area (TPSA) is 128 Å². The number of hydrogen-bond donors (Lipinski definition) is 3. The predicted molar refractivity (Wildman–Crippen MR) is 80.2 cm³/mol. The van der Waals surface area contributed by atoms with Gasteiger partial charge in [-0.15, -0.1) is 0 Å². The zero-order chi connectivity index (χ0) is 16.8. The summed E-state index contributed by atoms with van der Waals surface area (Å²) in [4.78, 5) is 23.1. The summed E-state index contributed by atoms with van der Waals surface area (Å²) in [6, 6.07) is 5.41. The summed E-state index contributed by atoms with van der Waals surface area (Å²) in [7, 11) is -2.60. The molecule has 1 rings (SSSR count). The Kier molecular flexibility index (Phi) is 6.08. The van der Waals surface area contributed by atoms with E-state index in [-0.39, 0.29) is 10.6 Å². The number of carbonyl (C=O) groups excluding carboxylic acids is 2. The molecule has 1 aromatic carbocycles. The number of rotatable bonds is 6. The van der Waals surface area contributed by atoms with E-state index in [4.69, 9.17) is 5.14 Å². The van der Waals surface area contributed by atoms with Gasteiger partial charge in [-0.25, -0.2) is 18.4 Å². The third-order valence-corrected chi connectivity index (χ3v) is 3.44. The maximum Gasteiger partial charge on any atom is 0.332 e. The first-order valence-electron chi connectivity index (χ1n) is 6.25. The van der Waals surface area contributed by atoms with Crippen LogP contribution in [-0.2, 0) is 24.3 Å². The average molecular weight is 327 g/mol. The highest BCUT2D eigenvalue weighted by molar-refractivity contribution is 7.89. The van der Waals surface area contributed by atoms with E-state index in [0.29, 0.717) is 12.2 Å². The minimum absolute atomic E-state index is 0.0305. The van der Waals surface area contributed by atoms with Gasteiger partial charge in [-0.3, -0.25) is 4.79 Å². The van der Waals surface area contributed by atoms with E-state index in [1.165, 1.54) is 31.4 Å². The van der Waals surface area contributed by atoms with Crippen molar-refractivity contribution >= 4 is 27.6 Å². The second-order valence-corrected chi connectivity index (χ2v) is 5.70. The van der Waals surface area contributed by atoms with Gasteiger partial charge >= 0.3 is 5.97 Å². The quantitative estimate of drug-likeness (QED) is 0.496. The van der Waals surface area contributed by atoms with Gasteiger partial charge in [0, 0.05) is 12.2 Å². The lowest BCUT2D eigenvalue weighted by molar-refractivity contribution is -0.135. The second kappa shape index (κ2) is 7.57. The van der Waals surface area contributed by atoms with E-state index in [1.54, 1.807) is 6.92 Å². The van der Waals surface area contributed by atoms with Crippen molar-refractivity contribution in [2.24, 2.45) is 5.14 Å². The fourth-order valence-electron chi connectivity index (χ4n) is 1.47. The van der Waals surface area contributed by atoms with Gasteiger partial charge in [0.25, 0.3) is 5.91 Å². The van der Waals surface area contributed by atoms with Gasteiger partial charge in [0.05, 0.1) is 18.1 Å². The molecule has 1 amide bonds. The van der Waals surface area contributed by atoms with Crippen molar-refractivity contribution in [1.82, 2.24) is 5.32 Å². The minimum atomic E-state index is -3.79. The molecule has 0 aliphatic heterocycles. The van der Waals surface area contributed by atoms with Crippen molar-refractivity contribution in [2.75, 3.05) is 19.0 Å². The van der Waals surface area contributed by atoms with E-state index in [9.17, 15) is 18.0 Å². The lowest BCUT2D eigenvalue weighted by Crippen LogP contribution is -2.28. The van der Waals surface area contributed by atoms with Crippen LogP contribution in [0, 0.1) is 0 Å². The van der Waals surface area contributed by atoms with Crippen LogP contribution in [0.15, 0.2) is 40.9 Å². The number of carbonyl (C=O) groups is 2. The van der Waals surface area contributed by atoms with E-state index in [2.05, 4.69) is 15.4 Å². The Morgan fingerprint density at radius 2 is 1.86 bits per heavy atom. The Hall–Kier alpha value is -2.39. The normalized spacial score (nSPS) is 11.7. The summed E-state index contributed by atoms with van der Waals surface area (Å²) in [6.07, 6.45) is 0.999. The first kappa shape index (κ1) is 17.7. The molecule has 0 radical (unpaired) electrons. The van der Waals surface area contributed by atoms with Crippen LogP contribution in [0.4, 0.5) is 5.69 Å². The van der Waals surface area contributed by atoms with Crippen LogP contribution in [-0.4, -0.2) is 33.9 Å². The summed E-state index contributed by atoms with van der Waals surface area (Å²) in [6.45, 7) is 2.11. The number of amides is 1. The third-order valence-electron chi connectivity index (χ3n) is 2.51. The molecule has 0 aliphatic carbocycles. The van der Waals surface area contributed by atoms with Crippen LogP contribution < -0.4 is 15.8 Å². The summed E-state index contributed by atoms with van der Waals surface area (Å²) < 4.78 is 26.8. The highest BCUT2D eigenvalue weighted by Crippen LogP contribution is 2.14. The number of anilines is 1. The summed E-state index contributed by atoms with van der Waals surface area (Å²) in [5.41, 5.74) is 0.380. The lowest BCUT2D eigenvalue weighted by atomic mass is 10.3. The Balaban J connectivity index is 3.02. The van der Waals surface area contributed by atoms with Crippen LogP contribution in [0.5, 0.6) is 0 Å². The van der Waals surface area contributed by atoms with Crippen LogP contribution in [0.3, 0.4) is 0 Å². The Morgan fingerprint density at radius 3 is 2.32 bits per heavy atom. The van der Waals surface area contributed by atoms with Crippen LogP contribution in [0.1, 0.15) is 6.92 Å². The summed E-state index contributed by atoms with van der Waals surface area (Å²) >= 11 is 0. The molecule has 0 bridgehead atoms. The fraction of sp³-hybridized carbons (Fsp3) is 0.231. The number of hydrogen-bond acceptors (Lipinski definition) is 6. The largest absolute Gasteiger partial charge is 0.466 e. The molecule has 0 unspecified atom stereocenters. The average Bonchev–Trinajstić information content (AvgIpc) is 2.46. The standard InChI is InChI=1S/C13H17N3O5S/c1-3-15-13(18)11(8-12(17)21-2)16-9-4-6-10(7-5-9)22(14,19)20/h4-8,16H,3H2,1-2H3,(H,15,18)(H2,14,19,20)/b11-8-. The third kappa shape index (κ3) is 5.19. The van der Waals surface area contributed by atoms with Gasteiger partial charge in [-0.1, -0.05) is 0 Å². The fourth-order valence-corrected chi connectivity index (χ4v) is 1.99. The first-order valence-corrected chi connectivity index (χ1v) is 7.80. The van der Waals surface area contributed by atoms with Gasteiger partial charge in [0.2, 0.25) is 10.0 Å². The van der Waals surface area contributed by atoms with Gasteiger partial charge in [-0.2, -0.15) is 0 Å². The zero-order valence-electron chi connectivity index (χ0n) is 12.1. The zero-order valence-corrected chi connectivity index (χ0v) is 12.9. The maximum atomic E-state index is 11.9. The molecular formula is C13H17N3O5S. The van der Waals surface area contributed by atoms with Crippen molar-refractivity contribution in [3.63, 3.8) is 0 Å². The molecule has 22 heavy (non-hydrogen) atoms. The summed E-state index contributed by atoms with van der Waals surface area (Å²) in [5.74, 6) is -1.20. The number of nitrogens with one attached hydrogen (secondary N) is 2. The van der Waals surface area contributed by atoms with Crippen LogP contribution >= 0.6 is 0 Å². The molecule has 0 atom stereocenters. The number of benzene rings is 1. The SMILES string of the molecule is CCNC(=O)/C(=C/C(=O)OC)Nc1ccc(S(N)(=O)=O)cc1. The molecule has 0 heterocycles. The van der Waals surface area contributed by atoms with Crippen molar-refractivity contribution in [3.8, 4) is 0 Å². The van der Waals surface area contributed by atoms with Gasteiger partial charge in [-0.05, 0) is 31.2 Å². The number of esters is 1. The molecule has 0 saturated heterocycles. The maximum absolute atomic E-state index is 11.9. The van der Waals surface area contributed by atoms with E-state index < -0.39 is 21.9 Å². The molecule has 0 fully saturated rings. The molecule has 0 saturated carbocycles. The molecule has 4 N–H and O–H groups in total. The van der Waals surface area contributed by atoms with Gasteiger partial charge in [0.1, 0.15) is 5.70 Å². The van der Waals surface area contributed by atoms with Crippen molar-refractivity contribution in [1.29, 1.82) is 0 Å². The Morgan fingerprint density at radius 1 is 1.27 bits per heavy atom. The highest BCUT2D eigenvalue weighted by atomic mass is 32.2. The summed E-state index contributed by atoms with van der Waals surface area (Å²) in [5, 5.41) is 10.3. The van der Waals surface area contributed by atoms with Crippen LogP contribution in [0.25, 0.3) is 0 Å². The van der Waals surface area contributed by atoms with Gasteiger partial charge < -0.3 is 15.4 Å². The number of nitrogens with two attached hydrogens (primary N) is 1. The molecule has 0 aliphatic rings. The lowest BCUT2D eigenvalue weighted by Gasteiger charge is -2.11.